The van der Waals surface area contributed by atoms with Crippen LogP contribution in [0.4, 0.5) is 0 Å². The Labute approximate surface area is 144 Å². The minimum atomic E-state index is -0.647. The molecule has 0 aliphatic heterocycles. The van der Waals surface area contributed by atoms with E-state index in [1.807, 2.05) is 7.05 Å². The Hall–Kier alpha value is -0.680. The summed E-state index contributed by atoms with van der Waals surface area (Å²) in [6, 6.07) is 0.293. The molecule has 24 heavy (non-hydrogen) atoms. The second-order valence-electron chi connectivity index (χ2n) is 9.06. The Morgan fingerprint density at radius 3 is 2.62 bits per heavy atom. The third kappa shape index (κ3) is 2.06. The zero-order chi connectivity index (χ0) is 17.3. The van der Waals surface area contributed by atoms with Gasteiger partial charge in [-0.25, -0.2) is 0 Å². The number of hydrogen-bond acceptors (Lipinski definition) is 4. The fourth-order valence-electron chi connectivity index (χ4n) is 6.43. The van der Waals surface area contributed by atoms with Gasteiger partial charge < -0.3 is 20.6 Å². The number of aliphatic hydroxyl groups is 3. The highest BCUT2D eigenvalue weighted by Crippen LogP contribution is 2.63. The third-order valence-electron chi connectivity index (χ3n) is 7.86. The molecule has 0 aromatic rings. The minimum Gasteiger partial charge on any atom is -0.393 e. The molecule has 4 N–H and O–H groups in total. The molecule has 4 aliphatic rings. The Morgan fingerprint density at radius 2 is 1.92 bits per heavy atom. The van der Waals surface area contributed by atoms with Crippen molar-refractivity contribution in [2.45, 2.75) is 70.3 Å². The van der Waals surface area contributed by atoms with E-state index in [1.54, 1.807) is 0 Å². The smallest absolute Gasteiger partial charge is 0.0859 e. The molecule has 0 unspecified atom stereocenters. The van der Waals surface area contributed by atoms with Crippen LogP contribution < -0.4 is 5.32 Å². The second kappa shape index (κ2) is 5.41. The van der Waals surface area contributed by atoms with Crippen molar-refractivity contribution >= 4 is 0 Å². The Bertz CT molecular complexity index is 600. The average Bonchev–Trinajstić information content (AvgIpc) is 2.78. The summed E-state index contributed by atoms with van der Waals surface area (Å²) in [7, 11) is 2.02. The summed E-state index contributed by atoms with van der Waals surface area (Å²) in [6.07, 6.45) is 7.20. The molecule has 0 radical (unpaired) electrons. The summed E-state index contributed by atoms with van der Waals surface area (Å²) in [4.78, 5) is 0. The van der Waals surface area contributed by atoms with E-state index < -0.39 is 12.2 Å². The van der Waals surface area contributed by atoms with Crippen LogP contribution in [0.15, 0.2) is 23.3 Å². The van der Waals surface area contributed by atoms with Gasteiger partial charge in [-0.2, -0.15) is 0 Å². The van der Waals surface area contributed by atoms with Gasteiger partial charge in [-0.1, -0.05) is 37.1 Å². The lowest BCUT2D eigenvalue weighted by Gasteiger charge is -2.57. The van der Waals surface area contributed by atoms with Crippen molar-refractivity contribution in [3.05, 3.63) is 23.3 Å². The lowest BCUT2D eigenvalue weighted by molar-refractivity contribution is -0.0460. The van der Waals surface area contributed by atoms with Gasteiger partial charge in [0.05, 0.1) is 18.3 Å². The van der Waals surface area contributed by atoms with Gasteiger partial charge in [-0.3, -0.25) is 0 Å². The molecule has 0 bridgehead atoms. The minimum absolute atomic E-state index is 0.0802. The topological polar surface area (TPSA) is 72.7 Å². The Balaban J connectivity index is 1.80. The van der Waals surface area contributed by atoms with Crippen LogP contribution in [0.2, 0.25) is 0 Å². The van der Waals surface area contributed by atoms with Gasteiger partial charge in [0.15, 0.2) is 0 Å². The second-order valence-corrected chi connectivity index (χ2v) is 9.06. The average molecular weight is 333 g/mol. The fourth-order valence-corrected chi connectivity index (χ4v) is 6.43. The molecule has 3 fully saturated rings. The van der Waals surface area contributed by atoms with Crippen molar-refractivity contribution in [1.29, 1.82) is 0 Å². The van der Waals surface area contributed by atoms with E-state index in [0.29, 0.717) is 18.4 Å². The molecular weight excluding hydrogens is 302 g/mol. The van der Waals surface area contributed by atoms with Gasteiger partial charge in [0.25, 0.3) is 0 Å². The van der Waals surface area contributed by atoms with Crippen molar-refractivity contribution in [3.8, 4) is 0 Å². The van der Waals surface area contributed by atoms with Crippen molar-refractivity contribution in [2.24, 2.45) is 22.7 Å². The number of rotatable bonds is 1. The number of nitrogens with one attached hydrogen (secondary N) is 1. The maximum Gasteiger partial charge on any atom is 0.0859 e. The van der Waals surface area contributed by atoms with E-state index in [0.717, 1.165) is 25.7 Å². The van der Waals surface area contributed by atoms with Gasteiger partial charge >= 0.3 is 0 Å². The standard InChI is InChI=1S/C20H31NO3/c1-19-7-6-12(22)8-11(19)4-5-13-14-9-16(23)18(24)20(14,2)10-15(21-3)17(13)19/h4-5,12,14-18,21-24H,6-10H2,1-3H3/t12-,14-,15+,16+,17+,18-,19-,20-/m0/s1. The first kappa shape index (κ1) is 16.8. The normalized spacial score (nSPS) is 53.6. The largest absolute Gasteiger partial charge is 0.393 e. The predicted octanol–water partition coefficient (Wildman–Crippen LogP) is 1.76. The Kier molecular flexibility index (Phi) is 3.78. The zero-order valence-corrected chi connectivity index (χ0v) is 15.0. The molecule has 4 nitrogen and oxygen atoms in total. The highest BCUT2D eigenvalue weighted by molar-refractivity contribution is 5.41. The first-order chi connectivity index (χ1) is 11.3. The van der Waals surface area contributed by atoms with Gasteiger partial charge in [0.1, 0.15) is 0 Å². The predicted molar refractivity (Wildman–Crippen MR) is 93.3 cm³/mol. The lowest BCUT2D eigenvalue weighted by atomic mass is 9.49. The van der Waals surface area contributed by atoms with Gasteiger partial charge in [0, 0.05) is 17.4 Å². The van der Waals surface area contributed by atoms with E-state index >= 15 is 0 Å². The number of allylic oxidation sites excluding steroid dienone is 2. The molecule has 4 heteroatoms. The summed E-state index contributed by atoms with van der Waals surface area (Å²) in [5.41, 5.74) is 2.60. The highest BCUT2D eigenvalue weighted by Gasteiger charge is 2.61. The van der Waals surface area contributed by atoms with E-state index in [2.05, 4.69) is 31.3 Å². The van der Waals surface area contributed by atoms with Gasteiger partial charge in [0.2, 0.25) is 0 Å². The zero-order valence-electron chi connectivity index (χ0n) is 15.0. The summed E-state index contributed by atoms with van der Waals surface area (Å²) >= 11 is 0. The van der Waals surface area contributed by atoms with Crippen LogP contribution in [0.25, 0.3) is 0 Å². The maximum atomic E-state index is 10.6. The monoisotopic (exact) mass is 333 g/mol. The molecular formula is C20H31NO3. The summed E-state index contributed by atoms with van der Waals surface area (Å²) in [5, 5.41) is 34.6. The number of hydrogen-bond donors (Lipinski definition) is 4. The molecule has 134 valence electrons. The summed E-state index contributed by atoms with van der Waals surface area (Å²) < 4.78 is 0. The van der Waals surface area contributed by atoms with Crippen LogP contribution in [-0.2, 0) is 0 Å². The van der Waals surface area contributed by atoms with Crippen LogP contribution in [0.5, 0.6) is 0 Å². The van der Waals surface area contributed by atoms with Crippen LogP contribution in [-0.4, -0.2) is 46.7 Å². The molecule has 0 spiro atoms. The molecule has 0 aromatic heterocycles. The quantitative estimate of drug-likeness (QED) is 0.590. The van der Waals surface area contributed by atoms with Gasteiger partial charge in [-0.05, 0) is 50.5 Å². The van der Waals surface area contributed by atoms with E-state index in [-0.39, 0.29) is 22.9 Å². The fraction of sp³-hybridized carbons (Fsp3) is 0.800. The first-order valence-electron chi connectivity index (χ1n) is 9.44. The van der Waals surface area contributed by atoms with Gasteiger partial charge in [-0.15, -0.1) is 0 Å². The van der Waals surface area contributed by atoms with Crippen molar-refractivity contribution in [1.82, 2.24) is 5.32 Å². The summed E-state index contributed by atoms with van der Waals surface area (Å²) in [5.74, 6) is 0.643. The van der Waals surface area contributed by atoms with Crippen molar-refractivity contribution in [2.75, 3.05) is 7.05 Å². The molecule has 3 saturated carbocycles. The molecule has 4 aliphatic carbocycles. The SMILES string of the molecule is CN[C@@H]1C[C@@]2(C)[C@@H](C[C@@H](O)[C@@H]2O)C2=CC=C3C[C@@H](O)CC[C@]3(C)[C@H]21. The molecule has 0 amide bonds. The van der Waals surface area contributed by atoms with Crippen LogP contribution >= 0.6 is 0 Å². The lowest BCUT2D eigenvalue weighted by Crippen LogP contribution is -2.57. The highest BCUT2D eigenvalue weighted by atomic mass is 16.3. The third-order valence-corrected chi connectivity index (χ3v) is 7.86. The van der Waals surface area contributed by atoms with Crippen LogP contribution in [0, 0.1) is 22.7 Å². The van der Waals surface area contributed by atoms with E-state index in [4.69, 9.17) is 0 Å². The van der Waals surface area contributed by atoms with Crippen LogP contribution in [0.1, 0.15) is 46.0 Å². The first-order valence-corrected chi connectivity index (χ1v) is 9.44. The van der Waals surface area contributed by atoms with Crippen molar-refractivity contribution in [3.63, 3.8) is 0 Å². The van der Waals surface area contributed by atoms with E-state index in [9.17, 15) is 15.3 Å². The number of aliphatic hydroxyl groups excluding tert-OH is 3. The molecule has 0 saturated heterocycles. The van der Waals surface area contributed by atoms with Crippen molar-refractivity contribution < 1.29 is 15.3 Å². The molecule has 8 atom stereocenters. The Morgan fingerprint density at radius 1 is 1.17 bits per heavy atom. The summed E-state index contributed by atoms with van der Waals surface area (Å²) in [6.45, 7) is 4.50. The molecule has 0 heterocycles. The maximum absolute atomic E-state index is 10.6. The number of fused-ring (bicyclic) bond motifs is 5. The molecule has 4 rings (SSSR count). The molecule has 0 aromatic carbocycles. The van der Waals surface area contributed by atoms with E-state index in [1.165, 1.54) is 11.1 Å². The van der Waals surface area contributed by atoms with Crippen LogP contribution in [0.3, 0.4) is 0 Å².